The number of nitrogens with zero attached hydrogens (tertiary/aromatic N) is 2. The number of carbonyl (C=O) groups is 2. The number of anilines is 1. The second kappa shape index (κ2) is 9.41. The van der Waals surface area contributed by atoms with Gasteiger partial charge in [-0.3, -0.25) is 23.9 Å². The van der Waals surface area contributed by atoms with Gasteiger partial charge in [-0.1, -0.05) is 65.4 Å². The first-order chi connectivity index (χ1) is 19.9. The molecule has 2 aliphatic carbocycles. The Labute approximate surface area is 249 Å². The second-order valence-electron chi connectivity index (χ2n) is 11.4. The molecule has 0 unspecified atom stereocenters. The molecule has 3 fully saturated rings. The van der Waals surface area contributed by atoms with Crippen LogP contribution in [0.5, 0.6) is 0 Å². The van der Waals surface area contributed by atoms with Crippen molar-refractivity contribution in [2.45, 2.75) is 29.2 Å². The predicted molar refractivity (Wildman–Crippen MR) is 158 cm³/mol. The number of fused-ring (bicyclic) bond motifs is 9. The molecule has 8 rings (SSSR count). The molecule has 2 bridgehead atoms. The highest BCUT2D eigenvalue weighted by Crippen LogP contribution is 2.69. The lowest BCUT2D eigenvalue weighted by Gasteiger charge is -2.43. The number of carbonyl (C=O) groups excluding carboxylic acids is 2. The summed E-state index contributed by atoms with van der Waals surface area (Å²) in [5.74, 6) is -1.41. The standard InChI is InChI=1S/C32H24ClFN2O3S2/c33-18-8-12-20(13-9-18)36-29(37)25-21-14-22(26(25)30(36)38)27-24(21)23(17-6-10-19(34)11-7-17)28-31(40-27)35(32(39)41-28)15-16-4-2-1-3-5-16/h1-13,21-27H,14-15H2/t21-,22-,23+,24-,25+,26+,27+/m1/s1. The van der Waals surface area contributed by atoms with Crippen LogP contribution in [0.3, 0.4) is 0 Å². The lowest BCUT2D eigenvalue weighted by molar-refractivity contribution is -0.123. The highest BCUT2D eigenvalue weighted by atomic mass is 35.5. The predicted octanol–water partition coefficient (Wildman–Crippen LogP) is 6.43. The molecular weight excluding hydrogens is 579 g/mol. The maximum atomic E-state index is 14.0. The zero-order valence-electron chi connectivity index (χ0n) is 21.7. The van der Waals surface area contributed by atoms with Crippen LogP contribution in [-0.4, -0.2) is 21.6 Å². The van der Waals surface area contributed by atoms with E-state index in [9.17, 15) is 18.8 Å². The molecule has 1 aromatic heterocycles. The highest BCUT2D eigenvalue weighted by Gasteiger charge is 2.69. The number of aromatic nitrogens is 1. The molecule has 2 saturated carbocycles. The quantitative estimate of drug-likeness (QED) is 0.253. The zero-order chi connectivity index (χ0) is 28.0. The van der Waals surface area contributed by atoms with Crippen molar-refractivity contribution in [3.05, 3.63) is 115 Å². The van der Waals surface area contributed by atoms with E-state index in [1.54, 1.807) is 36.0 Å². The van der Waals surface area contributed by atoms with Gasteiger partial charge in [0.05, 0.1) is 29.1 Å². The van der Waals surface area contributed by atoms with Gasteiger partial charge in [0.15, 0.2) is 0 Å². The minimum absolute atomic E-state index is 0.000714. The minimum atomic E-state index is -0.391. The van der Waals surface area contributed by atoms with E-state index in [1.807, 2.05) is 47.0 Å². The first kappa shape index (κ1) is 25.5. The van der Waals surface area contributed by atoms with Crippen LogP contribution < -0.4 is 9.77 Å². The van der Waals surface area contributed by atoms with E-state index in [1.165, 1.54) is 28.4 Å². The van der Waals surface area contributed by atoms with E-state index in [4.69, 9.17) is 11.6 Å². The number of hydrogen-bond donors (Lipinski definition) is 0. The van der Waals surface area contributed by atoms with Crippen molar-refractivity contribution < 1.29 is 14.0 Å². The molecule has 2 amide bonds. The van der Waals surface area contributed by atoms with Gasteiger partial charge in [-0.2, -0.15) is 0 Å². The van der Waals surface area contributed by atoms with E-state index in [-0.39, 0.29) is 57.3 Å². The number of thioether (sulfide) groups is 1. The Kier molecular flexibility index (Phi) is 5.85. The molecule has 2 aliphatic heterocycles. The van der Waals surface area contributed by atoms with Crippen LogP contribution in [0.1, 0.15) is 28.3 Å². The molecule has 0 spiro atoms. The highest BCUT2D eigenvalue weighted by molar-refractivity contribution is 8.00. The maximum absolute atomic E-state index is 14.0. The number of halogens is 2. The SMILES string of the molecule is O=C1[C@H]2[C@H]3C[C@@H]([C@@H]2C(=O)N1c1ccc(Cl)cc1)[C@@H]1[C@H](c2ccc(F)cc2)c2sc(=O)n(Cc4ccccc4)c2S[C@@H]31. The van der Waals surface area contributed by atoms with Crippen LogP contribution in [0.4, 0.5) is 10.1 Å². The van der Waals surface area contributed by atoms with Gasteiger partial charge in [0.25, 0.3) is 0 Å². The Morgan fingerprint density at radius 2 is 1.54 bits per heavy atom. The van der Waals surface area contributed by atoms with E-state index < -0.39 is 5.92 Å². The van der Waals surface area contributed by atoms with E-state index >= 15 is 0 Å². The van der Waals surface area contributed by atoms with Crippen molar-refractivity contribution in [2.24, 2.45) is 29.6 Å². The molecule has 3 aromatic carbocycles. The fraction of sp³-hybridized carbons (Fsp3) is 0.281. The van der Waals surface area contributed by atoms with Crippen LogP contribution in [-0.2, 0) is 16.1 Å². The molecule has 9 heteroatoms. The van der Waals surface area contributed by atoms with Crippen LogP contribution in [0.15, 0.2) is 88.7 Å². The Balaban J connectivity index is 1.23. The van der Waals surface area contributed by atoms with Crippen LogP contribution >= 0.6 is 34.7 Å². The van der Waals surface area contributed by atoms with Crippen LogP contribution in [0.2, 0.25) is 5.02 Å². The van der Waals surface area contributed by atoms with Gasteiger partial charge >= 0.3 is 4.87 Å². The third-order valence-electron chi connectivity index (χ3n) is 9.45. The normalized spacial score (nSPS) is 29.5. The molecule has 4 aromatic rings. The Bertz CT molecular complexity index is 1750. The average molecular weight is 603 g/mol. The average Bonchev–Trinajstić information content (AvgIpc) is 3.69. The summed E-state index contributed by atoms with van der Waals surface area (Å²) >= 11 is 9.05. The van der Waals surface area contributed by atoms with Gasteiger partial charge in [0.1, 0.15) is 5.82 Å². The van der Waals surface area contributed by atoms with Crippen molar-refractivity contribution in [3.63, 3.8) is 0 Å². The second-order valence-corrected chi connectivity index (χ2v) is 14.0. The summed E-state index contributed by atoms with van der Waals surface area (Å²) in [7, 11) is 0. The lowest BCUT2D eigenvalue weighted by Crippen LogP contribution is -2.43. The molecule has 0 radical (unpaired) electrons. The largest absolute Gasteiger partial charge is 0.308 e. The Morgan fingerprint density at radius 3 is 2.24 bits per heavy atom. The molecule has 0 N–H and O–H groups in total. The first-order valence-corrected chi connectivity index (χ1v) is 15.8. The Hall–Kier alpha value is -3.20. The Morgan fingerprint density at radius 1 is 0.854 bits per heavy atom. The van der Waals surface area contributed by atoms with Gasteiger partial charge in [0.2, 0.25) is 11.8 Å². The zero-order valence-corrected chi connectivity index (χ0v) is 24.0. The summed E-state index contributed by atoms with van der Waals surface area (Å²) in [5.41, 5.74) is 2.55. The topological polar surface area (TPSA) is 59.4 Å². The molecule has 1 saturated heterocycles. The number of imide groups is 1. The molecule has 3 heterocycles. The van der Waals surface area contributed by atoms with E-state index in [2.05, 4.69) is 0 Å². The minimum Gasteiger partial charge on any atom is -0.289 e. The maximum Gasteiger partial charge on any atom is 0.308 e. The molecule has 5 nitrogen and oxygen atoms in total. The number of benzene rings is 3. The van der Waals surface area contributed by atoms with E-state index in [0.717, 1.165) is 27.5 Å². The third-order valence-corrected chi connectivity index (χ3v) is 12.5. The summed E-state index contributed by atoms with van der Waals surface area (Å²) in [6, 6.07) is 23.3. The van der Waals surface area contributed by atoms with E-state index in [0.29, 0.717) is 17.3 Å². The monoisotopic (exact) mass is 602 g/mol. The lowest BCUT2D eigenvalue weighted by atomic mass is 9.68. The van der Waals surface area contributed by atoms with Crippen molar-refractivity contribution in [3.8, 4) is 0 Å². The van der Waals surface area contributed by atoms with Gasteiger partial charge in [-0.25, -0.2) is 4.39 Å². The van der Waals surface area contributed by atoms with Crippen molar-refractivity contribution >= 4 is 52.2 Å². The number of thiazole rings is 1. The molecule has 41 heavy (non-hydrogen) atoms. The fourth-order valence-electron chi connectivity index (χ4n) is 7.91. The van der Waals surface area contributed by atoms with Gasteiger partial charge in [-0.05, 0) is 71.7 Å². The molecular formula is C32H24ClFN2O3S2. The number of hydrogen-bond acceptors (Lipinski definition) is 5. The smallest absolute Gasteiger partial charge is 0.289 e. The summed E-state index contributed by atoms with van der Waals surface area (Å²) in [5, 5.41) is 1.56. The summed E-state index contributed by atoms with van der Waals surface area (Å²) in [6.45, 7) is 0.466. The molecule has 4 aliphatic rings. The van der Waals surface area contributed by atoms with Gasteiger partial charge < -0.3 is 0 Å². The molecule has 7 atom stereocenters. The summed E-state index contributed by atoms with van der Waals surface area (Å²) in [4.78, 5) is 43.5. The van der Waals surface area contributed by atoms with Crippen molar-refractivity contribution in [2.75, 3.05) is 4.90 Å². The first-order valence-electron chi connectivity index (χ1n) is 13.7. The van der Waals surface area contributed by atoms with Gasteiger partial charge in [-0.15, -0.1) is 11.8 Å². The third kappa shape index (κ3) is 3.76. The number of amides is 2. The van der Waals surface area contributed by atoms with Crippen molar-refractivity contribution in [1.82, 2.24) is 4.57 Å². The van der Waals surface area contributed by atoms with Gasteiger partial charge in [0, 0.05) is 21.1 Å². The van der Waals surface area contributed by atoms with Crippen molar-refractivity contribution in [1.29, 1.82) is 0 Å². The fourth-order valence-corrected chi connectivity index (χ4v) is 11.2. The van der Waals surface area contributed by atoms with Crippen LogP contribution in [0, 0.1) is 35.4 Å². The number of rotatable bonds is 4. The summed E-state index contributed by atoms with van der Waals surface area (Å²) < 4.78 is 15.9. The van der Waals surface area contributed by atoms with Crippen LogP contribution in [0.25, 0.3) is 0 Å². The summed E-state index contributed by atoms with van der Waals surface area (Å²) in [6.07, 6.45) is 0.805. The molecule has 206 valence electrons.